The molecule has 7 heteroatoms. The highest BCUT2D eigenvalue weighted by Gasteiger charge is 2.32. The molecule has 0 amide bonds. The topological polar surface area (TPSA) is 53.9 Å². The maximum Gasteiger partial charge on any atom is 0.165 e. The van der Waals surface area contributed by atoms with Gasteiger partial charge in [0, 0.05) is 68.3 Å². The highest BCUT2D eigenvalue weighted by Crippen LogP contribution is 2.49. The van der Waals surface area contributed by atoms with Crippen molar-refractivity contribution in [3.8, 4) is 34.2 Å². The zero-order chi connectivity index (χ0) is 34.9. The number of rotatable bonds is 5. The van der Waals surface area contributed by atoms with Crippen LogP contribution in [0.3, 0.4) is 0 Å². The number of nitrogens with zero attached hydrogens (tertiary/aromatic N) is 4. The molecule has 3 aromatic heterocycles. The highest BCUT2D eigenvalue weighted by atomic mass is 32.1. The Morgan fingerprint density at radius 2 is 1.13 bits per heavy atom. The smallest absolute Gasteiger partial charge is 0.165 e. The van der Waals surface area contributed by atoms with Gasteiger partial charge in [-0.3, -0.25) is 0 Å². The van der Waals surface area contributed by atoms with Gasteiger partial charge >= 0.3 is 0 Å². The molecule has 0 radical (unpaired) electrons. The minimum atomic E-state index is -0.0766. The first-order valence-corrected chi connectivity index (χ1v) is 19.3. The lowest BCUT2D eigenvalue weighted by molar-refractivity contribution is 0.837. The molecular weight excluding hydrogens is 687 g/mol. The van der Waals surface area contributed by atoms with Gasteiger partial charge in [0.25, 0.3) is 0 Å². The third kappa shape index (κ3) is 4.93. The SMILES string of the molecule is c1ccc(-c2nc(-c3ccc4c(c3)sc3ccccc34)nc(-c3cccc4c3sc3c(C5Nc6ccccc6N5c5ccccc5)cccc34)n2)cc1. The summed E-state index contributed by atoms with van der Waals surface area (Å²) in [5.74, 6) is 1.99. The average Bonchev–Trinajstić information content (AvgIpc) is 3.92. The van der Waals surface area contributed by atoms with Crippen molar-refractivity contribution in [1.29, 1.82) is 0 Å². The van der Waals surface area contributed by atoms with E-state index in [4.69, 9.17) is 15.0 Å². The number of nitrogens with one attached hydrogen (secondary N) is 1. The Morgan fingerprint density at radius 1 is 0.472 bits per heavy atom. The molecule has 0 spiro atoms. The van der Waals surface area contributed by atoms with E-state index in [0.717, 1.165) is 32.8 Å². The van der Waals surface area contributed by atoms with Crippen LogP contribution in [-0.2, 0) is 0 Å². The van der Waals surface area contributed by atoms with E-state index in [0.29, 0.717) is 17.5 Å². The maximum absolute atomic E-state index is 5.23. The van der Waals surface area contributed by atoms with Crippen LogP contribution in [0.5, 0.6) is 0 Å². The minimum Gasteiger partial charge on any atom is -0.359 e. The number of fused-ring (bicyclic) bond motifs is 7. The van der Waals surface area contributed by atoms with Crippen molar-refractivity contribution in [3.63, 3.8) is 0 Å². The normalized spacial score (nSPS) is 14.0. The molecule has 5 nitrogen and oxygen atoms in total. The summed E-state index contributed by atoms with van der Waals surface area (Å²) in [5, 5.41) is 8.81. The highest BCUT2D eigenvalue weighted by molar-refractivity contribution is 7.26. The van der Waals surface area contributed by atoms with Crippen LogP contribution >= 0.6 is 22.7 Å². The van der Waals surface area contributed by atoms with Crippen molar-refractivity contribution in [3.05, 3.63) is 169 Å². The van der Waals surface area contributed by atoms with Crippen LogP contribution in [0.25, 0.3) is 74.5 Å². The number of hydrogen-bond acceptors (Lipinski definition) is 7. The molecule has 0 aliphatic carbocycles. The quantitative estimate of drug-likeness (QED) is 0.192. The fourth-order valence-electron chi connectivity index (χ4n) is 7.69. The predicted molar refractivity (Wildman–Crippen MR) is 223 cm³/mol. The van der Waals surface area contributed by atoms with E-state index >= 15 is 0 Å². The van der Waals surface area contributed by atoms with E-state index in [2.05, 4.69) is 156 Å². The molecule has 10 aromatic rings. The van der Waals surface area contributed by atoms with E-state index in [9.17, 15) is 0 Å². The van der Waals surface area contributed by atoms with E-state index in [-0.39, 0.29) is 6.17 Å². The van der Waals surface area contributed by atoms with Crippen molar-refractivity contribution in [1.82, 2.24) is 15.0 Å². The number of thiophene rings is 2. The van der Waals surface area contributed by atoms with Gasteiger partial charge in [-0.15, -0.1) is 22.7 Å². The van der Waals surface area contributed by atoms with E-state index in [1.165, 1.54) is 46.9 Å². The van der Waals surface area contributed by atoms with E-state index < -0.39 is 0 Å². The Kier molecular flexibility index (Phi) is 6.90. The van der Waals surface area contributed by atoms with Gasteiger partial charge in [-0.2, -0.15) is 0 Å². The Balaban J connectivity index is 1.09. The second-order valence-corrected chi connectivity index (χ2v) is 15.4. The molecule has 0 saturated carbocycles. The van der Waals surface area contributed by atoms with Gasteiger partial charge in [-0.05, 0) is 42.5 Å². The molecule has 1 N–H and O–H groups in total. The number of para-hydroxylation sites is 3. The van der Waals surface area contributed by atoms with Gasteiger partial charge in [-0.25, -0.2) is 15.0 Å². The summed E-state index contributed by atoms with van der Waals surface area (Å²) >= 11 is 3.62. The molecule has 1 atom stereocenters. The van der Waals surface area contributed by atoms with Gasteiger partial charge in [-0.1, -0.05) is 121 Å². The average molecular weight is 716 g/mol. The van der Waals surface area contributed by atoms with Crippen LogP contribution < -0.4 is 10.2 Å². The summed E-state index contributed by atoms with van der Waals surface area (Å²) in [7, 11) is 0. The van der Waals surface area contributed by atoms with Gasteiger partial charge in [0.1, 0.15) is 6.17 Å². The Hall–Kier alpha value is -6.41. The van der Waals surface area contributed by atoms with Gasteiger partial charge < -0.3 is 10.2 Å². The van der Waals surface area contributed by atoms with Crippen LogP contribution in [-0.4, -0.2) is 15.0 Å². The van der Waals surface area contributed by atoms with Crippen molar-refractivity contribution < 1.29 is 0 Å². The molecule has 0 saturated heterocycles. The Bertz CT molecular complexity index is 3010. The Morgan fingerprint density at radius 3 is 2.00 bits per heavy atom. The molecule has 0 bridgehead atoms. The molecule has 0 fully saturated rings. The van der Waals surface area contributed by atoms with Crippen LogP contribution in [0.15, 0.2) is 164 Å². The first kappa shape index (κ1) is 30.2. The first-order chi connectivity index (χ1) is 26.3. The van der Waals surface area contributed by atoms with Crippen LogP contribution in [0, 0.1) is 0 Å². The lowest BCUT2D eigenvalue weighted by atomic mass is 10.0. The second-order valence-electron chi connectivity index (χ2n) is 13.3. The molecule has 1 unspecified atom stereocenters. The summed E-state index contributed by atoms with van der Waals surface area (Å²) in [6.07, 6.45) is -0.0766. The summed E-state index contributed by atoms with van der Waals surface area (Å²) in [6, 6.07) is 57.8. The minimum absolute atomic E-state index is 0.0766. The second kappa shape index (κ2) is 12.1. The van der Waals surface area contributed by atoms with Crippen molar-refractivity contribution in [2.24, 2.45) is 0 Å². The molecule has 1 aliphatic rings. The summed E-state index contributed by atoms with van der Waals surface area (Å²) in [5.41, 5.74) is 7.60. The van der Waals surface area contributed by atoms with Gasteiger partial charge in [0.2, 0.25) is 0 Å². The zero-order valence-electron chi connectivity index (χ0n) is 28.3. The number of hydrogen-bond donors (Lipinski definition) is 1. The predicted octanol–water partition coefficient (Wildman–Crippen LogP) is 12.9. The lowest BCUT2D eigenvalue weighted by Crippen LogP contribution is -2.23. The number of benzene rings is 7. The van der Waals surface area contributed by atoms with E-state index in [1.54, 1.807) is 11.3 Å². The zero-order valence-corrected chi connectivity index (χ0v) is 29.9. The molecule has 11 rings (SSSR count). The van der Waals surface area contributed by atoms with Crippen LogP contribution in [0.4, 0.5) is 17.1 Å². The third-order valence-electron chi connectivity index (χ3n) is 10.1. The number of aromatic nitrogens is 3. The molecular formula is C46H29N5S2. The molecule has 4 heterocycles. The lowest BCUT2D eigenvalue weighted by Gasteiger charge is -2.27. The fourth-order valence-corrected chi connectivity index (χ4v) is 10.2. The van der Waals surface area contributed by atoms with Gasteiger partial charge in [0.05, 0.1) is 11.4 Å². The van der Waals surface area contributed by atoms with E-state index in [1.807, 2.05) is 29.5 Å². The van der Waals surface area contributed by atoms with Crippen molar-refractivity contribution in [2.75, 3.05) is 10.2 Å². The third-order valence-corrected chi connectivity index (χ3v) is 12.6. The van der Waals surface area contributed by atoms with Gasteiger partial charge in [0.15, 0.2) is 17.5 Å². The Labute approximate surface area is 313 Å². The maximum atomic E-state index is 5.23. The summed E-state index contributed by atoms with van der Waals surface area (Å²) in [4.78, 5) is 17.9. The largest absolute Gasteiger partial charge is 0.359 e. The number of anilines is 3. The van der Waals surface area contributed by atoms with Crippen LogP contribution in [0.1, 0.15) is 11.7 Å². The summed E-state index contributed by atoms with van der Waals surface area (Å²) in [6.45, 7) is 0. The van der Waals surface area contributed by atoms with Crippen molar-refractivity contribution >= 4 is 80.1 Å². The first-order valence-electron chi connectivity index (χ1n) is 17.6. The molecule has 7 aromatic carbocycles. The fraction of sp³-hybridized carbons (Fsp3) is 0.0217. The monoisotopic (exact) mass is 715 g/mol. The standard InChI is InChI=1S/C46H29N5S2/c1-3-13-28(14-4-1)43-48-44(29-25-26-32-31-17-7-10-24-39(31)52-40(32)27-29)50-45(49-43)35-20-11-18-33-34-19-12-21-36(42(34)53-41(33)35)46-47-37-22-8-9-23-38(37)51(46)30-15-5-2-6-16-30/h1-27,46-47H. The molecule has 250 valence electrons. The molecule has 53 heavy (non-hydrogen) atoms. The molecule has 1 aliphatic heterocycles. The van der Waals surface area contributed by atoms with Crippen LogP contribution in [0.2, 0.25) is 0 Å². The summed E-state index contributed by atoms with van der Waals surface area (Å²) < 4.78 is 4.90. The van der Waals surface area contributed by atoms with Crippen molar-refractivity contribution in [2.45, 2.75) is 6.17 Å².